The second kappa shape index (κ2) is 4.35. The molecule has 0 unspecified atom stereocenters. The molecule has 2 aliphatic rings. The molecule has 19 heavy (non-hydrogen) atoms. The Morgan fingerprint density at radius 3 is 2.89 bits per heavy atom. The lowest BCUT2D eigenvalue weighted by molar-refractivity contribution is -0.125. The molecular formula is C14H18BNO3. The fourth-order valence-corrected chi connectivity index (χ4v) is 3.52. The largest absolute Gasteiger partial charge is 0.488 e. The average molecular weight is 259 g/mol. The molecule has 3 rings (SSSR count). The highest BCUT2D eigenvalue weighted by molar-refractivity contribution is 6.58. The lowest BCUT2D eigenvalue weighted by Gasteiger charge is -2.46. The van der Waals surface area contributed by atoms with Gasteiger partial charge in [0.2, 0.25) is 5.91 Å². The number of benzene rings is 1. The first-order valence-electron chi connectivity index (χ1n) is 6.79. The SMILES string of the molecule is C[C@]12CCC(=O)N[C@@H]1CCc1cc(B(O)O)ccc12. The molecule has 1 aliphatic carbocycles. The van der Waals surface area contributed by atoms with Gasteiger partial charge in [0.15, 0.2) is 0 Å². The van der Waals surface area contributed by atoms with Crippen LogP contribution in [0.4, 0.5) is 0 Å². The van der Waals surface area contributed by atoms with Crippen molar-refractivity contribution in [2.24, 2.45) is 0 Å². The summed E-state index contributed by atoms with van der Waals surface area (Å²) < 4.78 is 0. The molecule has 0 spiro atoms. The number of fused-ring (bicyclic) bond motifs is 3. The van der Waals surface area contributed by atoms with Crippen LogP contribution in [0.15, 0.2) is 18.2 Å². The third kappa shape index (κ3) is 1.97. The molecule has 0 aromatic heterocycles. The fraction of sp³-hybridized carbons (Fsp3) is 0.500. The number of carbonyl (C=O) groups excluding carboxylic acids is 1. The minimum Gasteiger partial charge on any atom is -0.423 e. The molecule has 4 nitrogen and oxygen atoms in total. The van der Waals surface area contributed by atoms with Gasteiger partial charge in [-0.1, -0.05) is 25.1 Å². The first-order chi connectivity index (χ1) is 9.00. The molecule has 1 saturated heterocycles. The number of piperidine rings is 1. The van der Waals surface area contributed by atoms with E-state index in [1.54, 1.807) is 6.07 Å². The standard InChI is InChI=1S/C14H18BNO3/c1-14-7-6-13(17)16-12(14)5-2-9-8-10(15(18)19)3-4-11(9)14/h3-4,8,12,18-19H,2,5-7H2,1H3,(H,16,17)/t12-,14-/m1/s1. The van der Waals surface area contributed by atoms with Gasteiger partial charge in [0.1, 0.15) is 0 Å². The van der Waals surface area contributed by atoms with E-state index in [0.29, 0.717) is 11.9 Å². The Kier molecular flexibility index (Phi) is 2.91. The van der Waals surface area contributed by atoms with Gasteiger partial charge < -0.3 is 15.4 Å². The van der Waals surface area contributed by atoms with Gasteiger partial charge in [0.25, 0.3) is 0 Å². The van der Waals surface area contributed by atoms with Crippen molar-refractivity contribution in [2.75, 3.05) is 0 Å². The topological polar surface area (TPSA) is 69.6 Å². The average Bonchev–Trinajstić information content (AvgIpc) is 2.39. The normalized spacial score (nSPS) is 29.2. The minimum absolute atomic E-state index is 0.0273. The van der Waals surface area contributed by atoms with Crippen LogP contribution in [-0.4, -0.2) is 29.1 Å². The van der Waals surface area contributed by atoms with Crippen molar-refractivity contribution in [1.82, 2.24) is 5.32 Å². The number of amides is 1. The van der Waals surface area contributed by atoms with Crippen LogP contribution >= 0.6 is 0 Å². The van der Waals surface area contributed by atoms with Crippen molar-refractivity contribution in [3.05, 3.63) is 29.3 Å². The van der Waals surface area contributed by atoms with E-state index in [2.05, 4.69) is 12.2 Å². The zero-order chi connectivity index (χ0) is 13.6. The van der Waals surface area contributed by atoms with Gasteiger partial charge in [-0.25, -0.2) is 0 Å². The molecule has 1 heterocycles. The quantitative estimate of drug-likeness (QED) is 0.614. The van der Waals surface area contributed by atoms with Gasteiger partial charge in [-0.2, -0.15) is 0 Å². The molecule has 1 aliphatic heterocycles. The van der Waals surface area contributed by atoms with Crippen LogP contribution in [0.2, 0.25) is 0 Å². The van der Waals surface area contributed by atoms with Gasteiger partial charge in [-0.05, 0) is 35.9 Å². The van der Waals surface area contributed by atoms with Gasteiger partial charge in [0.05, 0.1) is 0 Å². The van der Waals surface area contributed by atoms with Crippen molar-refractivity contribution in [3.63, 3.8) is 0 Å². The fourth-order valence-electron chi connectivity index (χ4n) is 3.52. The van der Waals surface area contributed by atoms with E-state index < -0.39 is 7.12 Å². The molecule has 1 fully saturated rings. The molecule has 1 aromatic carbocycles. The maximum atomic E-state index is 11.5. The van der Waals surface area contributed by atoms with Crippen LogP contribution in [0.3, 0.4) is 0 Å². The van der Waals surface area contributed by atoms with E-state index in [0.717, 1.165) is 19.3 Å². The lowest BCUT2D eigenvalue weighted by Crippen LogP contribution is -2.55. The molecular weight excluding hydrogens is 241 g/mol. The summed E-state index contributed by atoms with van der Waals surface area (Å²) in [6.45, 7) is 2.20. The zero-order valence-corrected chi connectivity index (χ0v) is 11.0. The number of carbonyl (C=O) groups is 1. The molecule has 1 amide bonds. The maximum absolute atomic E-state index is 11.5. The number of aryl methyl sites for hydroxylation is 1. The van der Waals surface area contributed by atoms with Gasteiger partial charge in [-0.15, -0.1) is 0 Å². The highest BCUT2D eigenvalue weighted by atomic mass is 16.4. The molecule has 2 atom stereocenters. The van der Waals surface area contributed by atoms with E-state index in [1.807, 2.05) is 12.1 Å². The molecule has 100 valence electrons. The maximum Gasteiger partial charge on any atom is 0.488 e. The highest BCUT2D eigenvalue weighted by Crippen LogP contribution is 2.42. The van der Waals surface area contributed by atoms with E-state index in [4.69, 9.17) is 0 Å². The molecule has 0 saturated carbocycles. The van der Waals surface area contributed by atoms with Crippen LogP contribution in [0, 0.1) is 0 Å². The van der Waals surface area contributed by atoms with Gasteiger partial charge >= 0.3 is 7.12 Å². The molecule has 3 N–H and O–H groups in total. The van der Waals surface area contributed by atoms with E-state index in [9.17, 15) is 14.8 Å². The summed E-state index contributed by atoms with van der Waals surface area (Å²) in [7, 11) is -1.41. The van der Waals surface area contributed by atoms with Crippen molar-refractivity contribution < 1.29 is 14.8 Å². The number of nitrogens with one attached hydrogen (secondary N) is 1. The third-order valence-corrected chi connectivity index (χ3v) is 4.72. The summed E-state index contributed by atoms with van der Waals surface area (Å²) in [5, 5.41) is 21.6. The predicted molar refractivity (Wildman–Crippen MR) is 73.1 cm³/mol. The van der Waals surface area contributed by atoms with Crippen LogP contribution < -0.4 is 10.8 Å². The summed E-state index contributed by atoms with van der Waals surface area (Å²) >= 11 is 0. The Morgan fingerprint density at radius 2 is 2.16 bits per heavy atom. The Bertz CT molecular complexity index is 531. The van der Waals surface area contributed by atoms with Gasteiger partial charge in [0, 0.05) is 17.9 Å². The molecule has 5 heteroatoms. The minimum atomic E-state index is -1.41. The summed E-state index contributed by atoms with van der Waals surface area (Å²) in [6, 6.07) is 5.85. The monoisotopic (exact) mass is 259 g/mol. The highest BCUT2D eigenvalue weighted by Gasteiger charge is 2.44. The summed E-state index contributed by atoms with van der Waals surface area (Å²) in [5.41, 5.74) is 2.94. The third-order valence-electron chi connectivity index (χ3n) is 4.72. The summed E-state index contributed by atoms with van der Waals surface area (Å²) in [6.07, 6.45) is 3.21. The summed E-state index contributed by atoms with van der Waals surface area (Å²) in [5.74, 6) is 0.147. The second-order valence-corrected chi connectivity index (χ2v) is 5.87. The number of hydrogen-bond acceptors (Lipinski definition) is 3. The van der Waals surface area contributed by atoms with Crippen molar-refractivity contribution >= 4 is 18.5 Å². The molecule has 1 aromatic rings. The van der Waals surface area contributed by atoms with Crippen molar-refractivity contribution in [3.8, 4) is 0 Å². The van der Waals surface area contributed by atoms with Crippen LogP contribution in [0.5, 0.6) is 0 Å². The predicted octanol–water partition coefficient (Wildman–Crippen LogP) is -0.151. The number of hydrogen-bond donors (Lipinski definition) is 3. The summed E-state index contributed by atoms with van der Waals surface area (Å²) in [4.78, 5) is 11.5. The molecule has 0 radical (unpaired) electrons. The first kappa shape index (κ1) is 12.7. The van der Waals surface area contributed by atoms with Crippen LogP contribution in [-0.2, 0) is 16.6 Å². The van der Waals surface area contributed by atoms with Crippen LogP contribution in [0.25, 0.3) is 0 Å². The van der Waals surface area contributed by atoms with Gasteiger partial charge in [-0.3, -0.25) is 4.79 Å². The van der Waals surface area contributed by atoms with E-state index >= 15 is 0 Å². The Hall–Kier alpha value is -1.33. The van der Waals surface area contributed by atoms with Crippen molar-refractivity contribution in [2.45, 2.75) is 44.1 Å². The Labute approximate surface area is 113 Å². The smallest absolute Gasteiger partial charge is 0.423 e. The Morgan fingerprint density at radius 1 is 1.37 bits per heavy atom. The Balaban J connectivity index is 2.02. The molecule has 0 bridgehead atoms. The van der Waals surface area contributed by atoms with Crippen molar-refractivity contribution in [1.29, 1.82) is 0 Å². The number of rotatable bonds is 1. The van der Waals surface area contributed by atoms with E-state index in [-0.39, 0.29) is 17.4 Å². The zero-order valence-electron chi connectivity index (χ0n) is 11.0. The lowest BCUT2D eigenvalue weighted by atomic mass is 9.63. The second-order valence-electron chi connectivity index (χ2n) is 5.87. The first-order valence-corrected chi connectivity index (χ1v) is 6.79. The van der Waals surface area contributed by atoms with Crippen LogP contribution in [0.1, 0.15) is 37.3 Å². The van der Waals surface area contributed by atoms with E-state index in [1.165, 1.54) is 11.1 Å².